The Labute approximate surface area is 189 Å². The molecule has 0 aliphatic rings. The Morgan fingerprint density at radius 2 is 1.88 bits per heavy atom. The molecule has 3 aromatic rings. The third-order valence-electron chi connectivity index (χ3n) is 4.34. The van der Waals surface area contributed by atoms with Crippen LogP contribution >= 0.6 is 11.8 Å². The van der Waals surface area contributed by atoms with Crippen molar-refractivity contribution in [2.75, 3.05) is 7.11 Å². The van der Waals surface area contributed by atoms with Crippen LogP contribution in [0.2, 0.25) is 0 Å². The maximum Gasteiger partial charge on any atom is 0.269 e. The van der Waals surface area contributed by atoms with Crippen molar-refractivity contribution in [3.05, 3.63) is 99.6 Å². The van der Waals surface area contributed by atoms with Crippen molar-refractivity contribution >= 4 is 28.8 Å². The smallest absolute Gasteiger partial charge is 0.269 e. The van der Waals surface area contributed by atoms with E-state index in [4.69, 9.17) is 15.2 Å². The van der Waals surface area contributed by atoms with Crippen LogP contribution < -0.4 is 15.2 Å². The molecule has 3 rings (SSSR count). The standard InChI is InChI=1S/C23H22N4O4S/c1-30-22-12-7-18(14-25-26-23(24)32-16-17-5-3-2-4-6-17)13-19(22)15-31-21-10-8-20(9-11-21)27(28)29/h2-14H,15-16H2,1H3,(H2,24,26). The zero-order valence-corrected chi connectivity index (χ0v) is 18.2. The van der Waals surface area contributed by atoms with E-state index in [2.05, 4.69) is 10.2 Å². The molecule has 164 valence electrons. The molecular formula is C23H22N4O4S. The number of amidine groups is 1. The average molecular weight is 451 g/mol. The second-order valence-electron chi connectivity index (χ2n) is 6.57. The summed E-state index contributed by atoms with van der Waals surface area (Å²) >= 11 is 1.41. The van der Waals surface area contributed by atoms with E-state index in [-0.39, 0.29) is 12.3 Å². The minimum absolute atomic E-state index is 0.00917. The monoisotopic (exact) mass is 450 g/mol. The van der Waals surface area contributed by atoms with Gasteiger partial charge in [0, 0.05) is 23.4 Å². The molecule has 8 nitrogen and oxygen atoms in total. The van der Waals surface area contributed by atoms with E-state index in [1.165, 1.54) is 23.9 Å². The lowest BCUT2D eigenvalue weighted by Crippen LogP contribution is -2.06. The number of nitrogens with zero attached hydrogens (tertiary/aromatic N) is 3. The van der Waals surface area contributed by atoms with Crippen LogP contribution in [0, 0.1) is 10.1 Å². The van der Waals surface area contributed by atoms with Crippen LogP contribution in [-0.2, 0) is 12.4 Å². The lowest BCUT2D eigenvalue weighted by Gasteiger charge is -2.11. The van der Waals surface area contributed by atoms with Gasteiger partial charge in [-0.05, 0) is 41.5 Å². The summed E-state index contributed by atoms with van der Waals surface area (Å²) in [5.41, 5.74) is 8.69. The quantitative estimate of drug-likeness (QED) is 0.218. The highest BCUT2D eigenvalue weighted by Gasteiger charge is 2.08. The summed E-state index contributed by atoms with van der Waals surface area (Å²) in [6.07, 6.45) is 1.60. The summed E-state index contributed by atoms with van der Waals surface area (Å²) in [5.74, 6) is 1.90. The molecule has 0 aliphatic carbocycles. The molecule has 0 saturated heterocycles. The second kappa shape index (κ2) is 11.5. The van der Waals surface area contributed by atoms with Crippen molar-refractivity contribution < 1.29 is 14.4 Å². The number of rotatable bonds is 9. The Balaban J connectivity index is 1.61. The number of ether oxygens (including phenoxy) is 2. The van der Waals surface area contributed by atoms with Gasteiger partial charge in [-0.2, -0.15) is 5.10 Å². The van der Waals surface area contributed by atoms with Crippen LogP contribution in [0.1, 0.15) is 16.7 Å². The summed E-state index contributed by atoms with van der Waals surface area (Å²) in [7, 11) is 1.58. The molecule has 0 aromatic heterocycles. The number of hydrogen-bond donors (Lipinski definition) is 1. The topological polar surface area (TPSA) is 112 Å². The number of benzene rings is 3. The van der Waals surface area contributed by atoms with E-state index >= 15 is 0 Å². The number of methoxy groups -OCH3 is 1. The van der Waals surface area contributed by atoms with Gasteiger partial charge in [-0.15, -0.1) is 5.10 Å². The van der Waals surface area contributed by atoms with E-state index in [1.807, 2.05) is 48.5 Å². The van der Waals surface area contributed by atoms with Gasteiger partial charge in [0.1, 0.15) is 18.1 Å². The van der Waals surface area contributed by atoms with Gasteiger partial charge in [0.05, 0.1) is 18.2 Å². The summed E-state index contributed by atoms with van der Waals surface area (Å²) in [5, 5.41) is 19.2. The van der Waals surface area contributed by atoms with Crippen molar-refractivity contribution in [1.29, 1.82) is 0 Å². The predicted octanol–water partition coefficient (Wildman–Crippen LogP) is 4.76. The minimum Gasteiger partial charge on any atom is -0.496 e. The first kappa shape index (κ1) is 22.8. The first-order valence-corrected chi connectivity index (χ1v) is 10.6. The van der Waals surface area contributed by atoms with E-state index in [0.29, 0.717) is 16.7 Å². The Bertz CT molecular complexity index is 1100. The average Bonchev–Trinajstić information content (AvgIpc) is 2.82. The molecule has 0 amide bonds. The van der Waals surface area contributed by atoms with Crippen LogP contribution in [0.3, 0.4) is 0 Å². The molecule has 9 heteroatoms. The number of non-ortho nitro benzene ring substituents is 1. The molecule has 0 spiro atoms. The molecule has 2 N–H and O–H groups in total. The van der Waals surface area contributed by atoms with E-state index in [0.717, 1.165) is 22.4 Å². The Hall–Kier alpha value is -3.85. The molecule has 0 radical (unpaired) electrons. The Morgan fingerprint density at radius 1 is 1.12 bits per heavy atom. The van der Waals surface area contributed by atoms with E-state index in [9.17, 15) is 10.1 Å². The number of nitrogens with two attached hydrogens (primary N) is 1. The lowest BCUT2D eigenvalue weighted by atomic mass is 10.1. The van der Waals surface area contributed by atoms with Crippen LogP contribution in [0.5, 0.6) is 11.5 Å². The number of hydrogen-bond acceptors (Lipinski definition) is 7. The fourth-order valence-electron chi connectivity index (χ4n) is 2.73. The zero-order chi connectivity index (χ0) is 22.8. The molecule has 0 fully saturated rings. The molecule has 0 atom stereocenters. The molecule has 3 aromatic carbocycles. The summed E-state index contributed by atoms with van der Waals surface area (Å²) < 4.78 is 11.1. The molecular weight excluding hydrogens is 428 g/mol. The van der Waals surface area contributed by atoms with E-state index in [1.54, 1.807) is 25.5 Å². The maximum absolute atomic E-state index is 10.8. The van der Waals surface area contributed by atoms with Crippen LogP contribution in [0.15, 0.2) is 83.0 Å². The molecule has 0 bridgehead atoms. The second-order valence-corrected chi connectivity index (χ2v) is 7.56. The van der Waals surface area contributed by atoms with Gasteiger partial charge in [-0.1, -0.05) is 42.1 Å². The van der Waals surface area contributed by atoms with Crippen molar-refractivity contribution in [2.24, 2.45) is 15.9 Å². The molecule has 0 saturated carbocycles. The Morgan fingerprint density at radius 3 is 2.56 bits per heavy atom. The van der Waals surface area contributed by atoms with Gasteiger partial charge in [0.25, 0.3) is 5.69 Å². The lowest BCUT2D eigenvalue weighted by molar-refractivity contribution is -0.384. The fourth-order valence-corrected chi connectivity index (χ4v) is 3.34. The number of thioether (sulfide) groups is 1. The largest absolute Gasteiger partial charge is 0.496 e. The number of nitro benzene ring substituents is 1. The van der Waals surface area contributed by atoms with Gasteiger partial charge >= 0.3 is 0 Å². The zero-order valence-electron chi connectivity index (χ0n) is 17.4. The molecule has 0 unspecified atom stereocenters. The minimum atomic E-state index is -0.453. The fraction of sp³-hybridized carbons (Fsp3) is 0.130. The predicted molar refractivity (Wildman–Crippen MR) is 127 cm³/mol. The van der Waals surface area contributed by atoms with Crippen molar-refractivity contribution in [2.45, 2.75) is 12.4 Å². The first-order chi connectivity index (χ1) is 15.5. The van der Waals surface area contributed by atoms with Crippen molar-refractivity contribution in [3.63, 3.8) is 0 Å². The highest BCUT2D eigenvalue weighted by Crippen LogP contribution is 2.23. The molecule has 32 heavy (non-hydrogen) atoms. The summed E-state index contributed by atoms with van der Waals surface area (Å²) in [6.45, 7) is 0.223. The van der Waals surface area contributed by atoms with Crippen LogP contribution in [-0.4, -0.2) is 23.4 Å². The first-order valence-electron chi connectivity index (χ1n) is 9.62. The van der Waals surface area contributed by atoms with Crippen LogP contribution in [0.25, 0.3) is 0 Å². The normalized spacial score (nSPS) is 11.5. The van der Waals surface area contributed by atoms with E-state index < -0.39 is 4.92 Å². The van der Waals surface area contributed by atoms with Crippen molar-refractivity contribution in [3.8, 4) is 11.5 Å². The highest BCUT2D eigenvalue weighted by atomic mass is 32.2. The van der Waals surface area contributed by atoms with Gasteiger partial charge < -0.3 is 15.2 Å². The van der Waals surface area contributed by atoms with Crippen molar-refractivity contribution in [1.82, 2.24) is 0 Å². The third-order valence-corrected chi connectivity index (χ3v) is 5.19. The van der Waals surface area contributed by atoms with Gasteiger partial charge in [0.2, 0.25) is 0 Å². The number of nitro groups is 1. The Kier molecular flexibility index (Phi) is 8.22. The highest BCUT2D eigenvalue weighted by molar-refractivity contribution is 8.13. The molecule has 0 heterocycles. The third kappa shape index (κ3) is 6.85. The van der Waals surface area contributed by atoms with Gasteiger partial charge in [-0.3, -0.25) is 10.1 Å². The molecule has 0 aliphatic heterocycles. The van der Waals surface area contributed by atoms with Gasteiger partial charge in [0.15, 0.2) is 5.17 Å². The van der Waals surface area contributed by atoms with Gasteiger partial charge in [-0.25, -0.2) is 0 Å². The summed E-state index contributed by atoms with van der Waals surface area (Å²) in [4.78, 5) is 10.3. The SMILES string of the molecule is COc1ccc(C=NN=C(N)SCc2ccccc2)cc1COc1ccc([N+](=O)[O-])cc1. The summed E-state index contributed by atoms with van der Waals surface area (Å²) in [6, 6.07) is 21.4. The maximum atomic E-state index is 10.8. The van der Waals surface area contributed by atoms with Crippen LogP contribution in [0.4, 0.5) is 5.69 Å².